The van der Waals surface area contributed by atoms with Crippen LogP contribution >= 0.6 is 0 Å². The van der Waals surface area contributed by atoms with Crippen molar-refractivity contribution in [1.29, 1.82) is 0 Å². The van der Waals surface area contributed by atoms with E-state index in [4.69, 9.17) is 0 Å². The Morgan fingerprint density at radius 1 is 1.09 bits per heavy atom. The van der Waals surface area contributed by atoms with Crippen LogP contribution in [0.5, 0.6) is 0 Å². The first-order valence-corrected chi connectivity index (χ1v) is 10.8. The van der Waals surface area contributed by atoms with Crippen molar-refractivity contribution in [2.75, 3.05) is 18.0 Å². The number of benzene rings is 2. The van der Waals surface area contributed by atoms with E-state index >= 15 is 0 Å². The average Bonchev–Trinajstić information content (AvgIpc) is 3.11. The molecular weight excluding hydrogens is 406 g/mol. The van der Waals surface area contributed by atoms with Gasteiger partial charge in [-0.1, -0.05) is 30.3 Å². The summed E-state index contributed by atoms with van der Waals surface area (Å²) in [6.45, 7) is 5.65. The number of anilines is 1. The molecule has 32 heavy (non-hydrogen) atoms. The average molecular weight is 434 g/mol. The third-order valence-corrected chi connectivity index (χ3v) is 6.17. The minimum Gasteiger partial charge on any atom is -0.366 e. The van der Waals surface area contributed by atoms with Crippen molar-refractivity contribution in [3.8, 4) is 5.69 Å². The van der Waals surface area contributed by atoms with E-state index in [-0.39, 0.29) is 22.4 Å². The van der Waals surface area contributed by atoms with Crippen LogP contribution in [0.2, 0.25) is 0 Å². The molecule has 166 valence electrons. The van der Waals surface area contributed by atoms with Gasteiger partial charge in [-0.3, -0.25) is 14.9 Å². The van der Waals surface area contributed by atoms with Crippen molar-refractivity contribution >= 4 is 17.3 Å². The highest BCUT2D eigenvalue weighted by atomic mass is 16.6. The number of amides is 1. The standard InChI is InChI=1S/C24H27N5O3/c1-17-21(18(2)28(26-17)20-8-4-3-5-9-20)16-25-24(30)19-12-14-27(15-13-19)22-10-6-7-11-23(22)29(31)32/h3-11,19H,12-16H2,1-2H3,(H,25,30). The second-order valence-electron chi connectivity index (χ2n) is 8.12. The molecule has 2 heterocycles. The van der Waals surface area contributed by atoms with E-state index in [1.54, 1.807) is 18.2 Å². The largest absolute Gasteiger partial charge is 0.366 e. The lowest BCUT2D eigenvalue weighted by Crippen LogP contribution is -2.40. The molecule has 1 amide bonds. The molecule has 0 unspecified atom stereocenters. The molecule has 4 rings (SSSR count). The molecule has 8 nitrogen and oxygen atoms in total. The summed E-state index contributed by atoms with van der Waals surface area (Å²) in [5, 5.41) is 19.0. The van der Waals surface area contributed by atoms with E-state index < -0.39 is 0 Å². The maximum absolute atomic E-state index is 12.8. The van der Waals surface area contributed by atoms with Gasteiger partial charge >= 0.3 is 0 Å². The van der Waals surface area contributed by atoms with Crippen molar-refractivity contribution < 1.29 is 9.72 Å². The van der Waals surface area contributed by atoms with Gasteiger partial charge < -0.3 is 10.2 Å². The normalized spacial score (nSPS) is 14.4. The highest BCUT2D eigenvalue weighted by Crippen LogP contribution is 2.31. The van der Waals surface area contributed by atoms with E-state index in [0.29, 0.717) is 38.2 Å². The number of carbonyl (C=O) groups excluding carboxylic acids is 1. The minimum absolute atomic E-state index is 0.0264. The van der Waals surface area contributed by atoms with Gasteiger partial charge in [0.15, 0.2) is 0 Å². The van der Waals surface area contributed by atoms with Crippen molar-refractivity contribution in [1.82, 2.24) is 15.1 Å². The third kappa shape index (κ3) is 4.34. The van der Waals surface area contributed by atoms with Crippen LogP contribution in [-0.4, -0.2) is 33.7 Å². The Kier molecular flexibility index (Phi) is 6.20. The van der Waals surface area contributed by atoms with E-state index in [1.807, 2.05) is 53.8 Å². The van der Waals surface area contributed by atoms with E-state index in [1.165, 1.54) is 6.07 Å². The number of piperidine rings is 1. The smallest absolute Gasteiger partial charge is 0.292 e. The number of aromatic nitrogens is 2. The van der Waals surface area contributed by atoms with Crippen LogP contribution in [0.4, 0.5) is 11.4 Å². The first-order valence-electron chi connectivity index (χ1n) is 10.8. The van der Waals surface area contributed by atoms with Crippen molar-refractivity contribution in [3.63, 3.8) is 0 Å². The summed E-state index contributed by atoms with van der Waals surface area (Å²) in [7, 11) is 0. The molecular formula is C24H27N5O3. The Morgan fingerprint density at radius 3 is 2.44 bits per heavy atom. The van der Waals surface area contributed by atoms with Crippen molar-refractivity contribution in [3.05, 3.63) is 81.7 Å². The number of hydrogen-bond acceptors (Lipinski definition) is 5. The van der Waals surface area contributed by atoms with Gasteiger partial charge in [-0.2, -0.15) is 5.10 Å². The van der Waals surface area contributed by atoms with Crippen LogP contribution in [0.25, 0.3) is 5.69 Å². The Labute approximate surface area is 187 Å². The summed E-state index contributed by atoms with van der Waals surface area (Å²) in [5.41, 5.74) is 4.67. The lowest BCUT2D eigenvalue weighted by molar-refractivity contribution is -0.384. The number of carbonyl (C=O) groups is 1. The summed E-state index contributed by atoms with van der Waals surface area (Å²) in [6, 6.07) is 16.7. The molecule has 1 N–H and O–H groups in total. The fraction of sp³-hybridized carbons (Fsp3) is 0.333. The monoisotopic (exact) mass is 433 g/mol. The maximum Gasteiger partial charge on any atom is 0.292 e. The summed E-state index contributed by atoms with van der Waals surface area (Å²) < 4.78 is 1.90. The van der Waals surface area contributed by atoms with Gasteiger partial charge in [0.05, 0.1) is 16.3 Å². The summed E-state index contributed by atoms with van der Waals surface area (Å²) in [4.78, 5) is 25.8. The van der Waals surface area contributed by atoms with Gasteiger partial charge in [0.2, 0.25) is 5.91 Å². The molecule has 1 aliphatic heterocycles. The highest BCUT2D eigenvalue weighted by molar-refractivity contribution is 5.79. The predicted molar refractivity (Wildman–Crippen MR) is 123 cm³/mol. The molecule has 2 aromatic carbocycles. The zero-order valence-corrected chi connectivity index (χ0v) is 18.3. The number of hydrogen-bond donors (Lipinski definition) is 1. The van der Waals surface area contributed by atoms with Crippen LogP contribution in [0, 0.1) is 29.9 Å². The molecule has 0 radical (unpaired) electrons. The van der Waals surface area contributed by atoms with Crippen molar-refractivity contribution in [2.24, 2.45) is 5.92 Å². The topological polar surface area (TPSA) is 93.3 Å². The summed E-state index contributed by atoms with van der Waals surface area (Å²) >= 11 is 0. The van der Waals surface area contributed by atoms with Gasteiger partial charge in [0, 0.05) is 42.9 Å². The lowest BCUT2D eigenvalue weighted by atomic mass is 9.95. The summed E-state index contributed by atoms with van der Waals surface area (Å²) in [5.74, 6) is -0.0720. The zero-order valence-electron chi connectivity index (χ0n) is 18.3. The Hall–Kier alpha value is -3.68. The molecule has 8 heteroatoms. The molecule has 1 saturated heterocycles. The van der Waals surface area contributed by atoms with E-state index in [9.17, 15) is 14.9 Å². The summed E-state index contributed by atoms with van der Waals surface area (Å²) in [6.07, 6.45) is 1.33. The molecule has 0 saturated carbocycles. The second-order valence-corrected chi connectivity index (χ2v) is 8.12. The molecule has 1 aliphatic rings. The van der Waals surface area contributed by atoms with Gasteiger partial charge in [0.25, 0.3) is 5.69 Å². The fourth-order valence-corrected chi connectivity index (χ4v) is 4.34. The quantitative estimate of drug-likeness (QED) is 0.470. The molecule has 3 aromatic rings. The number of nitrogens with zero attached hydrogens (tertiary/aromatic N) is 4. The first-order chi connectivity index (χ1) is 15.5. The van der Waals surface area contributed by atoms with E-state index in [2.05, 4.69) is 10.4 Å². The third-order valence-electron chi connectivity index (χ3n) is 6.17. The van der Waals surface area contributed by atoms with Crippen LogP contribution in [-0.2, 0) is 11.3 Å². The minimum atomic E-state index is -0.353. The molecule has 0 atom stereocenters. The van der Waals surface area contributed by atoms with Crippen LogP contribution in [0.1, 0.15) is 29.8 Å². The molecule has 1 fully saturated rings. The van der Waals surface area contributed by atoms with Crippen LogP contribution in [0.3, 0.4) is 0 Å². The number of nitrogens with one attached hydrogen (secondary N) is 1. The highest BCUT2D eigenvalue weighted by Gasteiger charge is 2.28. The fourth-order valence-electron chi connectivity index (χ4n) is 4.34. The van der Waals surface area contributed by atoms with Crippen LogP contribution in [0.15, 0.2) is 54.6 Å². The number of para-hydroxylation sites is 3. The molecule has 0 bridgehead atoms. The Bertz CT molecular complexity index is 1120. The lowest BCUT2D eigenvalue weighted by Gasteiger charge is -2.32. The van der Waals surface area contributed by atoms with Gasteiger partial charge in [-0.05, 0) is 44.9 Å². The second kappa shape index (κ2) is 9.21. The van der Waals surface area contributed by atoms with Crippen LogP contribution < -0.4 is 10.2 Å². The molecule has 0 spiro atoms. The SMILES string of the molecule is Cc1nn(-c2ccccc2)c(C)c1CNC(=O)C1CCN(c2ccccc2[N+](=O)[O-])CC1. The van der Waals surface area contributed by atoms with Gasteiger partial charge in [0.1, 0.15) is 5.69 Å². The Balaban J connectivity index is 1.37. The zero-order chi connectivity index (χ0) is 22.7. The molecule has 1 aromatic heterocycles. The number of nitro benzene ring substituents is 1. The van der Waals surface area contributed by atoms with E-state index in [0.717, 1.165) is 22.6 Å². The number of aryl methyl sites for hydroxylation is 1. The predicted octanol–water partition coefficient (Wildman–Crippen LogP) is 3.93. The maximum atomic E-state index is 12.8. The van der Waals surface area contributed by atoms with Gasteiger partial charge in [-0.25, -0.2) is 4.68 Å². The number of nitro groups is 1. The van der Waals surface area contributed by atoms with Gasteiger partial charge in [-0.15, -0.1) is 0 Å². The molecule has 0 aliphatic carbocycles. The first kappa shape index (κ1) is 21.5. The van der Waals surface area contributed by atoms with Crippen molar-refractivity contribution in [2.45, 2.75) is 33.2 Å². The number of rotatable bonds is 6. The Morgan fingerprint density at radius 2 is 1.75 bits per heavy atom.